The Kier molecular flexibility index (Phi) is 11.1. The summed E-state index contributed by atoms with van der Waals surface area (Å²) in [6.45, 7) is 20.9. The Labute approximate surface area is 271 Å². The van der Waals surface area contributed by atoms with Crippen molar-refractivity contribution in [3.63, 3.8) is 0 Å². The van der Waals surface area contributed by atoms with E-state index >= 15 is 0 Å². The Balaban J connectivity index is 2.14. The molecule has 6 heteroatoms. The molecule has 236 valence electrons. The molecule has 0 atom stereocenters. The Bertz CT molecular complexity index is 1430. The minimum absolute atomic E-state index is 0.369. The molecule has 1 fully saturated rings. The normalized spacial score (nSPS) is 14.8. The van der Waals surface area contributed by atoms with Gasteiger partial charge in [-0.3, -0.25) is 0 Å². The third-order valence-corrected chi connectivity index (χ3v) is 13.7. The van der Waals surface area contributed by atoms with E-state index in [0.29, 0.717) is 23.7 Å². The van der Waals surface area contributed by atoms with Gasteiger partial charge in [0.15, 0.2) is 0 Å². The zero-order chi connectivity index (χ0) is 31.6. The fourth-order valence-electron chi connectivity index (χ4n) is 6.13. The first kappa shape index (κ1) is 34.0. The summed E-state index contributed by atoms with van der Waals surface area (Å²) in [5.74, 6) is 1.48. The average Bonchev–Trinajstić information content (AvgIpc) is 3.38. The third-order valence-electron chi connectivity index (χ3n) is 8.19. The summed E-state index contributed by atoms with van der Waals surface area (Å²) in [6, 6.07) is 22.2. The Morgan fingerprint density at radius 3 is 1.42 bits per heavy atom. The van der Waals surface area contributed by atoms with E-state index < -0.39 is 11.9 Å². The second-order valence-corrected chi connectivity index (χ2v) is 22.5. The molecule has 0 unspecified atom stereocenters. The first-order valence-electron chi connectivity index (χ1n) is 15.6. The number of rotatable bonds is 9. The van der Waals surface area contributed by atoms with Gasteiger partial charge in [-0.25, -0.2) is 0 Å². The van der Waals surface area contributed by atoms with E-state index in [1.54, 1.807) is 0 Å². The third kappa shape index (κ3) is 7.36. The molecule has 1 saturated heterocycles. The van der Waals surface area contributed by atoms with Crippen molar-refractivity contribution < 1.29 is 11.9 Å². The van der Waals surface area contributed by atoms with E-state index in [1.807, 2.05) is 0 Å². The van der Waals surface area contributed by atoms with Crippen LogP contribution in [0.1, 0.15) is 112 Å². The van der Waals surface area contributed by atoms with Gasteiger partial charge in [0.1, 0.15) is 0 Å². The van der Waals surface area contributed by atoms with E-state index in [2.05, 4.69) is 149 Å². The van der Waals surface area contributed by atoms with Crippen LogP contribution in [0, 0.1) is 0 Å². The van der Waals surface area contributed by atoms with Gasteiger partial charge in [-0.15, -0.1) is 0 Å². The van der Waals surface area contributed by atoms with Crippen molar-refractivity contribution in [3.05, 3.63) is 94.0 Å². The first-order valence-corrected chi connectivity index (χ1v) is 22.0. The SMILES string of the molecule is CC(C)c1cccc(C(C)C)c1N1CCN(c2c(C(C)C)cccc2C(C)C)[C]1=[Ru]([Cl])([Cl])=[CH]c1ccccc1CN(C)C. The molecule has 0 radical (unpaired) electrons. The fraction of sp³-hybridized carbons (Fsp3) is 0.459. The average molecular weight is 710 g/mol. The van der Waals surface area contributed by atoms with Gasteiger partial charge in [0, 0.05) is 0 Å². The van der Waals surface area contributed by atoms with Crippen molar-refractivity contribution in [1.82, 2.24) is 4.90 Å². The van der Waals surface area contributed by atoms with Crippen LogP contribution < -0.4 is 9.80 Å². The molecular weight excluding hydrogens is 658 g/mol. The van der Waals surface area contributed by atoms with Crippen LogP contribution >= 0.6 is 19.4 Å². The van der Waals surface area contributed by atoms with Crippen molar-refractivity contribution in [2.24, 2.45) is 0 Å². The topological polar surface area (TPSA) is 9.72 Å². The van der Waals surface area contributed by atoms with Crippen LogP contribution in [0.3, 0.4) is 0 Å². The molecule has 0 aliphatic carbocycles. The predicted molar refractivity (Wildman–Crippen MR) is 190 cm³/mol. The molecule has 0 bridgehead atoms. The maximum atomic E-state index is 7.85. The van der Waals surface area contributed by atoms with Crippen molar-refractivity contribution >= 4 is 39.7 Å². The van der Waals surface area contributed by atoms with Gasteiger partial charge < -0.3 is 0 Å². The van der Waals surface area contributed by atoms with Gasteiger partial charge in [-0.1, -0.05) is 0 Å². The molecule has 0 spiro atoms. The Morgan fingerprint density at radius 1 is 0.651 bits per heavy atom. The van der Waals surface area contributed by atoms with Gasteiger partial charge in [0.05, 0.1) is 0 Å². The second-order valence-electron chi connectivity index (χ2n) is 13.2. The van der Waals surface area contributed by atoms with Crippen LogP contribution in [-0.4, -0.2) is 41.0 Å². The van der Waals surface area contributed by atoms with Gasteiger partial charge >= 0.3 is 273 Å². The van der Waals surface area contributed by atoms with Crippen molar-refractivity contribution in [2.75, 3.05) is 37.0 Å². The second kappa shape index (κ2) is 14.1. The van der Waals surface area contributed by atoms with Crippen LogP contribution in [0.25, 0.3) is 0 Å². The number of para-hydroxylation sites is 2. The minimum atomic E-state index is -3.68. The maximum absolute atomic E-state index is 7.85. The van der Waals surface area contributed by atoms with Crippen LogP contribution in [0.5, 0.6) is 0 Å². The fourth-order valence-corrected chi connectivity index (χ4v) is 12.2. The molecule has 1 aliphatic heterocycles. The van der Waals surface area contributed by atoms with E-state index in [9.17, 15) is 0 Å². The quantitative estimate of drug-likeness (QED) is 0.205. The Hall–Kier alpha value is -1.84. The summed E-state index contributed by atoms with van der Waals surface area (Å²) in [5, 5.41) is 0. The zero-order valence-electron chi connectivity index (χ0n) is 27.7. The summed E-state index contributed by atoms with van der Waals surface area (Å²) in [5.41, 5.74) is 10.4. The molecule has 1 aliphatic rings. The van der Waals surface area contributed by atoms with Gasteiger partial charge in [-0.05, 0) is 0 Å². The molecule has 3 aromatic carbocycles. The molecule has 3 aromatic rings. The number of nitrogens with zero attached hydrogens (tertiary/aromatic N) is 3. The molecule has 43 heavy (non-hydrogen) atoms. The summed E-state index contributed by atoms with van der Waals surface area (Å²) >= 11 is -3.68. The van der Waals surface area contributed by atoms with Crippen LogP contribution in [0.2, 0.25) is 0 Å². The number of anilines is 2. The van der Waals surface area contributed by atoms with Crippen LogP contribution in [0.4, 0.5) is 11.4 Å². The molecule has 0 aromatic heterocycles. The number of benzene rings is 3. The molecule has 3 nitrogen and oxygen atoms in total. The van der Waals surface area contributed by atoms with Gasteiger partial charge in [-0.2, -0.15) is 0 Å². The number of halogens is 2. The predicted octanol–water partition coefficient (Wildman–Crippen LogP) is 9.97. The summed E-state index contributed by atoms with van der Waals surface area (Å²) in [6.07, 6.45) is 0. The number of hydrogen-bond acceptors (Lipinski definition) is 3. The zero-order valence-corrected chi connectivity index (χ0v) is 31.0. The molecule has 0 N–H and O–H groups in total. The molecule has 1 heterocycles. The molecule has 0 saturated carbocycles. The van der Waals surface area contributed by atoms with Crippen LogP contribution in [-0.2, 0) is 18.4 Å². The van der Waals surface area contributed by atoms with Gasteiger partial charge in [0.2, 0.25) is 0 Å². The monoisotopic (exact) mass is 709 g/mol. The summed E-state index contributed by atoms with van der Waals surface area (Å²) < 4.78 is 3.32. The summed E-state index contributed by atoms with van der Waals surface area (Å²) in [4.78, 5) is 7.23. The van der Waals surface area contributed by atoms with Crippen molar-refractivity contribution in [2.45, 2.75) is 85.6 Å². The van der Waals surface area contributed by atoms with E-state index in [-0.39, 0.29) is 0 Å². The Morgan fingerprint density at radius 2 is 1.05 bits per heavy atom. The van der Waals surface area contributed by atoms with Crippen LogP contribution in [0.15, 0.2) is 60.7 Å². The molecule has 4 rings (SSSR count). The molecule has 0 amide bonds. The summed E-state index contributed by atoms with van der Waals surface area (Å²) in [7, 11) is 19.9. The molecular formula is C37H51Cl2N3Ru. The van der Waals surface area contributed by atoms with Crippen molar-refractivity contribution in [1.29, 1.82) is 0 Å². The van der Waals surface area contributed by atoms with Gasteiger partial charge in [0.25, 0.3) is 0 Å². The van der Waals surface area contributed by atoms with Crippen molar-refractivity contribution in [3.8, 4) is 0 Å². The van der Waals surface area contributed by atoms with E-state index in [0.717, 1.165) is 29.6 Å². The first-order chi connectivity index (χ1) is 20.2. The van der Waals surface area contributed by atoms with E-state index in [1.165, 1.54) is 39.2 Å². The van der Waals surface area contributed by atoms with E-state index in [4.69, 9.17) is 19.4 Å². The standard InChI is InChI=1S/C27H38N2.C10H13N.2ClH.Ru/c1-18(2)22-11-9-12-23(19(3)4)26(22)28-15-16-29(17-28)27-24(20(5)6)13-10-14-25(27)21(7)8;1-9-6-4-5-7-10(9)8-11(2)3;;;/h9-14,18-21H,15-16H2,1-8H3;1,4-7H,8H2,2-3H3;2*1H;/q;;;;+2/p-2. The number of hydrogen-bond donors (Lipinski definition) is 0.